The zero-order chi connectivity index (χ0) is 18.4. The number of amides is 1. The van der Waals surface area contributed by atoms with Gasteiger partial charge in [-0.15, -0.1) is 0 Å². The third kappa shape index (κ3) is 5.00. The normalized spacial score (nSPS) is 10.4. The van der Waals surface area contributed by atoms with Gasteiger partial charge >= 0.3 is 5.97 Å². The largest absolute Gasteiger partial charge is 0.481 e. The zero-order valence-corrected chi connectivity index (χ0v) is 14.5. The molecule has 132 valence electrons. The molecular weight excluding hydrogens is 322 g/mol. The molecule has 2 aromatic rings. The van der Waals surface area contributed by atoms with Crippen molar-refractivity contribution in [3.05, 3.63) is 53.1 Å². The lowest BCUT2D eigenvalue weighted by Crippen LogP contribution is -2.29. The second-order valence-corrected chi connectivity index (χ2v) is 5.80. The minimum atomic E-state index is -1.04. The Balaban J connectivity index is 2.06. The van der Waals surface area contributed by atoms with Crippen molar-refractivity contribution in [3.63, 3.8) is 0 Å². The second kappa shape index (κ2) is 8.23. The maximum atomic E-state index is 12.6. The van der Waals surface area contributed by atoms with Crippen molar-refractivity contribution in [1.29, 1.82) is 0 Å². The molecule has 0 saturated heterocycles. The van der Waals surface area contributed by atoms with Crippen LogP contribution in [0, 0.1) is 13.8 Å². The van der Waals surface area contributed by atoms with Gasteiger partial charge < -0.3 is 14.7 Å². The van der Waals surface area contributed by atoms with E-state index in [2.05, 4.69) is 9.97 Å². The topological polar surface area (TPSA) is 92.6 Å². The summed E-state index contributed by atoms with van der Waals surface area (Å²) in [5.74, 6) is -0.649. The lowest BCUT2D eigenvalue weighted by molar-refractivity contribution is -0.139. The van der Waals surface area contributed by atoms with Crippen LogP contribution in [-0.2, 0) is 11.2 Å². The lowest BCUT2D eigenvalue weighted by atomic mass is 10.0. The Bertz CT molecular complexity index is 739. The van der Waals surface area contributed by atoms with Crippen LogP contribution in [-0.4, -0.2) is 52.1 Å². The number of likely N-dealkylation sites (N-methyl/N-ethyl adjacent to an activating group) is 1. The highest BCUT2D eigenvalue weighted by molar-refractivity contribution is 5.94. The number of ether oxygens (including phenoxy) is 1. The van der Waals surface area contributed by atoms with E-state index < -0.39 is 12.6 Å². The number of benzene rings is 1. The summed E-state index contributed by atoms with van der Waals surface area (Å²) in [5.41, 5.74) is 2.82. The number of carboxylic acid groups (broad SMARTS) is 1. The van der Waals surface area contributed by atoms with E-state index in [9.17, 15) is 9.59 Å². The molecule has 7 nitrogen and oxygen atoms in total. The number of nitrogens with zero attached hydrogens (tertiary/aromatic N) is 3. The molecule has 0 saturated carbocycles. The number of rotatable bonds is 7. The van der Waals surface area contributed by atoms with Crippen LogP contribution in [0.4, 0.5) is 0 Å². The van der Waals surface area contributed by atoms with E-state index in [0.717, 1.165) is 16.8 Å². The second-order valence-electron chi connectivity index (χ2n) is 5.80. The summed E-state index contributed by atoms with van der Waals surface area (Å²) in [5, 5.41) is 8.73. The van der Waals surface area contributed by atoms with E-state index in [1.54, 1.807) is 56.5 Å². The number of carboxylic acids is 1. The Morgan fingerprint density at radius 1 is 1.20 bits per heavy atom. The molecule has 2 rings (SSSR count). The minimum absolute atomic E-state index is 0.111. The van der Waals surface area contributed by atoms with E-state index in [1.165, 1.54) is 0 Å². The highest BCUT2D eigenvalue weighted by atomic mass is 16.5. The monoisotopic (exact) mass is 343 g/mol. The maximum Gasteiger partial charge on any atom is 0.341 e. The van der Waals surface area contributed by atoms with Crippen molar-refractivity contribution < 1.29 is 19.4 Å². The average molecular weight is 343 g/mol. The molecule has 0 aliphatic carbocycles. The quantitative estimate of drug-likeness (QED) is 0.825. The van der Waals surface area contributed by atoms with Crippen LogP contribution in [0.5, 0.6) is 5.75 Å². The summed E-state index contributed by atoms with van der Waals surface area (Å²) in [7, 11) is 1.73. The Labute approximate surface area is 146 Å². The number of aryl methyl sites for hydroxylation is 2. The van der Waals surface area contributed by atoms with Gasteiger partial charge in [0, 0.05) is 44.2 Å². The molecule has 1 aromatic carbocycles. The average Bonchev–Trinajstić information content (AvgIpc) is 2.58. The van der Waals surface area contributed by atoms with Crippen LogP contribution >= 0.6 is 0 Å². The van der Waals surface area contributed by atoms with Gasteiger partial charge in [0.1, 0.15) is 5.75 Å². The van der Waals surface area contributed by atoms with Crippen LogP contribution in [0.3, 0.4) is 0 Å². The summed E-state index contributed by atoms with van der Waals surface area (Å²) < 4.78 is 5.29. The van der Waals surface area contributed by atoms with Crippen molar-refractivity contribution >= 4 is 11.9 Å². The van der Waals surface area contributed by atoms with Gasteiger partial charge in [-0.05, 0) is 37.1 Å². The first-order valence-electron chi connectivity index (χ1n) is 7.84. The predicted molar refractivity (Wildman–Crippen MR) is 91.7 cm³/mol. The first-order valence-corrected chi connectivity index (χ1v) is 7.84. The molecule has 0 bridgehead atoms. The molecule has 1 N–H and O–H groups in total. The third-order valence-corrected chi connectivity index (χ3v) is 3.71. The molecule has 25 heavy (non-hydrogen) atoms. The SMILES string of the molecule is Cc1cc(C(=O)N(C)CCc2cnccn2)cc(C)c1OCC(=O)O. The molecule has 0 aliphatic rings. The molecule has 7 heteroatoms. The van der Waals surface area contributed by atoms with Crippen LogP contribution in [0.15, 0.2) is 30.7 Å². The summed E-state index contributed by atoms with van der Waals surface area (Å²) in [6.07, 6.45) is 5.53. The number of aliphatic carboxylic acids is 1. The van der Waals surface area contributed by atoms with Crippen LogP contribution in [0.1, 0.15) is 27.2 Å². The fourth-order valence-corrected chi connectivity index (χ4v) is 2.50. The van der Waals surface area contributed by atoms with Crippen molar-refractivity contribution in [2.24, 2.45) is 0 Å². The van der Waals surface area contributed by atoms with E-state index in [4.69, 9.17) is 9.84 Å². The first kappa shape index (κ1) is 18.4. The molecule has 0 radical (unpaired) electrons. The van der Waals surface area contributed by atoms with Gasteiger partial charge in [-0.2, -0.15) is 0 Å². The van der Waals surface area contributed by atoms with E-state index in [1.807, 2.05) is 0 Å². The number of carbonyl (C=O) groups is 2. The minimum Gasteiger partial charge on any atom is -0.481 e. The molecule has 0 spiro atoms. The summed E-state index contributed by atoms with van der Waals surface area (Å²) >= 11 is 0. The Morgan fingerprint density at radius 2 is 1.88 bits per heavy atom. The van der Waals surface area contributed by atoms with Crippen LogP contribution < -0.4 is 4.74 Å². The third-order valence-electron chi connectivity index (χ3n) is 3.71. The van der Waals surface area contributed by atoms with Gasteiger partial charge in [0.05, 0.1) is 5.69 Å². The van der Waals surface area contributed by atoms with Gasteiger partial charge in [-0.25, -0.2) is 4.79 Å². The number of hydrogen-bond donors (Lipinski definition) is 1. The number of aromatic nitrogens is 2. The van der Waals surface area contributed by atoms with Gasteiger partial charge in [0.2, 0.25) is 0 Å². The van der Waals surface area contributed by atoms with Gasteiger partial charge in [-0.3, -0.25) is 14.8 Å². The smallest absolute Gasteiger partial charge is 0.341 e. The number of hydrogen-bond acceptors (Lipinski definition) is 5. The predicted octanol–water partition coefficient (Wildman–Crippen LogP) is 1.87. The fourth-order valence-electron chi connectivity index (χ4n) is 2.50. The van der Waals surface area contributed by atoms with Crippen molar-refractivity contribution in [3.8, 4) is 5.75 Å². The van der Waals surface area contributed by atoms with Crippen LogP contribution in [0.25, 0.3) is 0 Å². The zero-order valence-electron chi connectivity index (χ0n) is 14.5. The Kier molecular flexibility index (Phi) is 6.05. The molecule has 1 aromatic heterocycles. The molecule has 1 heterocycles. The first-order chi connectivity index (χ1) is 11.9. The summed E-state index contributed by atoms with van der Waals surface area (Å²) in [6.45, 7) is 3.70. The van der Waals surface area contributed by atoms with Crippen molar-refractivity contribution in [2.45, 2.75) is 20.3 Å². The fraction of sp³-hybridized carbons (Fsp3) is 0.333. The van der Waals surface area contributed by atoms with Gasteiger partial charge in [-0.1, -0.05) is 0 Å². The summed E-state index contributed by atoms with van der Waals surface area (Å²) in [6, 6.07) is 3.43. The van der Waals surface area contributed by atoms with Gasteiger partial charge in [0.15, 0.2) is 6.61 Å². The van der Waals surface area contributed by atoms with Crippen molar-refractivity contribution in [2.75, 3.05) is 20.2 Å². The van der Waals surface area contributed by atoms with E-state index >= 15 is 0 Å². The molecule has 0 fully saturated rings. The Morgan fingerprint density at radius 3 is 2.44 bits per heavy atom. The standard InChI is InChI=1S/C18H21N3O4/c1-12-8-14(9-13(2)17(12)25-11-16(22)23)18(24)21(3)7-4-15-10-19-5-6-20-15/h5-6,8-10H,4,7,11H2,1-3H3,(H,22,23). The maximum absolute atomic E-state index is 12.6. The highest BCUT2D eigenvalue weighted by Crippen LogP contribution is 2.25. The van der Waals surface area contributed by atoms with E-state index in [-0.39, 0.29) is 5.91 Å². The molecular formula is C18H21N3O4. The van der Waals surface area contributed by atoms with Crippen LogP contribution in [0.2, 0.25) is 0 Å². The number of carbonyl (C=O) groups excluding carboxylic acids is 1. The molecule has 0 aliphatic heterocycles. The van der Waals surface area contributed by atoms with E-state index in [0.29, 0.717) is 24.3 Å². The van der Waals surface area contributed by atoms with Crippen molar-refractivity contribution in [1.82, 2.24) is 14.9 Å². The van der Waals surface area contributed by atoms with Gasteiger partial charge in [0.25, 0.3) is 5.91 Å². The summed E-state index contributed by atoms with van der Waals surface area (Å²) in [4.78, 5) is 33.1. The highest BCUT2D eigenvalue weighted by Gasteiger charge is 2.16. The Hall–Kier alpha value is -2.96. The molecule has 0 unspecified atom stereocenters. The molecule has 1 amide bonds. The lowest BCUT2D eigenvalue weighted by Gasteiger charge is -2.19. The molecule has 0 atom stereocenters.